The van der Waals surface area contributed by atoms with E-state index in [1.54, 1.807) is 0 Å². The van der Waals surface area contributed by atoms with Gasteiger partial charge in [-0.05, 0) is 42.5 Å². The first-order chi connectivity index (χ1) is 19.1. The van der Waals surface area contributed by atoms with Crippen LogP contribution in [0, 0.1) is 0 Å². The zero-order valence-electron chi connectivity index (χ0n) is 20.6. The Balaban J connectivity index is 0.000000222. The highest BCUT2D eigenvalue weighted by atomic mass is 32.2. The lowest BCUT2D eigenvalue weighted by atomic mass is 10.2. The van der Waals surface area contributed by atoms with E-state index in [2.05, 4.69) is 10.6 Å². The van der Waals surface area contributed by atoms with Crippen molar-refractivity contribution in [2.75, 3.05) is 7.11 Å². The summed E-state index contributed by atoms with van der Waals surface area (Å²) in [6.07, 6.45) is 0.897. The van der Waals surface area contributed by atoms with E-state index < -0.39 is 44.7 Å². The maximum atomic E-state index is 11.8. The van der Waals surface area contributed by atoms with Crippen LogP contribution in [0.3, 0.4) is 0 Å². The molecule has 0 spiro atoms. The van der Waals surface area contributed by atoms with E-state index in [-0.39, 0.29) is 30.1 Å². The van der Waals surface area contributed by atoms with Crippen LogP contribution in [0.25, 0.3) is 0 Å². The second-order valence-electron chi connectivity index (χ2n) is 7.84. The van der Waals surface area contributed by atoms with Gasteiger partial charge in [0.15, 0.2) is 11.5 Å². The lowest BCUT2D eigenvalue weighted by Gasteiger charge is -2.10. The summed E-state index contributed by atoms with van der Waals surface area (Å²) in [6.45, 7) is 0. The Bertz CT molecular complexity index is 1360. The molecule has 0 bridgehead atoms. The van der Waals surface area contributed by atoms with Crippen molar-refractivity contribution in [2.45, 2.75) is 23.3 Å². The lowest BCUT2D eigenvalue weighted by molar-refractivity contribution is -0.136. The van der Waals surface area contributed by atoms with Gasteiger partial charge in [0.05, 0.1) is 20.0 Å². The van der Waals surface area contributed by atoms with Gasteiger partial charge >= 0.3 is 11.9 Å². The van der Waals surface area contributed by atoms with Crippen molar-refractivity contribution in [3.63, 3.8) is 0 Å². The summed E-state index contributed by atoms with van der Waals surface area (Å²) in [5, 5.41) is 1.71. The van der Waals surface area contributed by atoms with Crippen LogP contribution in [0.2, 0.25) is 0 Å². The molecule has 2 aromatic carbocycles. The third-order valence-corrected chi connectivity index (χ3v) is 7.00. The minimum Gasteiger partial charge on any atom is -0.493 e. The van der Waals surface area contributed by atoms with Crippen molar-refractivity contribution in [3.8, 4) is 17.2 Å². The smallest absolute Gasteiger partial charge is 0.312 e. The average molecular weight is 589 g/mol. The fraction of sp³-hybridized carbons (Fsp3) is 0.200. The first-order valence-corrected chi connectivity index (χ1v) is 13.0. The second kappa shape index (κ2) is 14.0. The van der Waals surface area contributed by atoms with Crippen LogP contribution >= 0.6 is 23.5 Å². The van der Waals surface area contributed by atoms with Gasteiger partial charge in [-0.1, -0.05) is 23.5 Å². The maximum absolute atomic E-state index is 11.8. The van der Waals surface area contributed by atoms with E-state index in [1.807, 2.05) is 0 Å². The first-order valence-electron chi connectivity index (χ1n) is 11.2. The predicted octanol–water partition coefficient (Wildman–Crippen LogP) is 2.30. The molecular weight excluding hydrogens is 568 g/mol. The number of benzene rings is 2. The number of amides is 4. The fourth-order valence-electron chi connectivity index (χ4n) is 3.15. The molecule has 4 amide bonds. The highest BCUT2D eigenvalue weighted by Gasteiger charge is 2.35. The van der Waals surface area contributed by atoms with Crippen LogP contribution in [-0.2, 0) is 19.2 Å². The summed E-state index contributed by atoms with van der Waals surface area (Å²) in [6, 6.07) is 10.3. The zero-order valence-corrected chi connectivity index (χ0v) is 22.2. The summed E-state index contributed by atoms with van der Waals surface area (Å²) in [7, 11) is 1.38. The molecule has 2 saturated heterocycles. The quantitative estimate of drug-likeness (QED) is 0.247. The molecule has 40 heavy (non-hydrogen) atoms. The molecule has 0 aromatic heterocycles. The molecule has 4 rings (SSSR count). The van der Waals surface area contributed by atoms with Gasteiger partial charge in [-0.25, -0.2) is 0 Å². The van der Waals surface area contributed by atoms with Gasteiger partial charge in [-0.2, -0.15) is 0 Å². The molecule has 2 aliphatic rings. The van der Waals surface area contributed by atoms with E-state index in [0.29, 0.717) is 23.7 Å². The number of methoxy groups -OCH3 is 1. The zero-order chi connectivity index (χ0) is 29.2. The number of rotatable bonds is 9. The van der Waals surface area contributed by atoms with E-state index >= 15 is 0 Å². The number of carbonyl (C=O) groups excluding carboxylic acids is 8. The summed E-state index contributed by atoms with van der Waals surface area (Å²) in [5.41, 5.74) is 0.846. The largest absolute Gasteiger partial charge is 0.493 e. The highest BCUT2D eigenvalue weighted by molar-refractivity contribution is 8.15. The minimum atomic E-state index is -0.787. The average Bonchev–Trinajstić information content (AvgIpc) is 3.42. The Kier molecular flexibility index (Phi) is 10.6. The van der Waals surface area contributed by atoms with Crippen molar-refractivity contribution < 1.29 is 52.6 Å². The van der Waals surface area contributed by atoms with Gasteiger partial charge in [-0.3, -0.25) is 49.0 Å². The van der Waals surface area contributed by atoms with Crippen LogP contribution in [0.1, 0.15) is 33.6 Å². The summed E-state index contributed by atoms with van der Waals surface area (Å²) in [5.74, 6) is -1.62. The second-order valence-corrected chi connectivity index (χ2v) is 10.2. The molecule has 0 saturated carbocycles. The molecule has 0 aliphatic carbocycles. The first kappa shape index (κ1) is 30.0. The van der Waals surface area contributed by atoms with E-state index in [4.69, 9.17) is 14.2 Å². The number of thioether (sulfide) groups is 2. The summed E-state index contributed by atoms with van der Waals surface area (Å²) in [4.78, 5) is 89.0. The van der Waals surface area contributed by atoms with Gasteiger partial charge in [-0.15, -0.1) is 0 Å². The highest BCUT2D eigenvalue weighted by Crippen LogP contribution is 2.29. The molecule has 2 atom stereocenters. The third kappa shape index (κ3) is 8.51. The van der Waals surface area contributed by atoms with Crippen LogP contribution in [-0.4, -0.2) is 64.4 Å². The number of hydrogen-bond acceptors (Lipinski definition) is 13. The number of aldehydes is 2. The predicted molar refractivity (Wildman–Crippen MR) is 141 cm³/mol. The normalized spacial score (nSPS) is 17.6. The van der Waals surface area contributed by atoms with Crippen molar-refractivity contribution >= 4 is 70.3 Å². The van der Waals surface area contributed by atoms with E-state index in [1.165, 1.54) is 49.6 Å². The molecular formula is C25H20N2O11S2. The standard InChI is InChI=1S/C13H11NO6S.C12H9NO5S/c1-19-9-4-7(6-15)2-3-8(9)20-11(16)5-10-12(17)14-13(18)21-10;14-6-7-1-3-8(4-2-7)18-10(15)5-9-11(16)13-12(17)19-9/h2-4,6,10H,5H2,1H3,(H,14,17,18);1-4,6,9H,5H2,(H,13,16,17). The van der Waals surface area contributed by atoms with Crippen molar-refractivity contribution in [1.29, 1.82) is 0 Å². The van der Waals surface area contributed by atoms with Crippen molar-refractivity contribution in [2.24, 2.45) is 0 Å². The van der Waals surface area contributed by atoms with Crippen molar-refractivity contribution in [3.05, 3.63) is 53.6 Å². The minimum absolute atomic E-state index is 0.142. The van der Waals surface area contributed by atoms with Crippen molar-refractivity contribution in [1.82, 2.24) is 10.6 Å². The number of nitrogens with one attached hydrogen (secondary N) is 2. The van der Waals surface area contributed by atoms with Gasteiger partial charge < -0.3 is 14.2 Å². The molecule has 2 aromatic rings. The third-order valence-electron chi connectivity index (χ3n) is 5.03. The molecule has 2 heterocycles. The SMILES string of the molecule is COc1cc(C=O)ccc1OC(=O)CC1SC(=O)NC1=O.O=Cc1ccc(OC(=O)CC2SC(=O)NC2=O)cc1. The van der Waals surface area contributed by atoms with E-state index in [9.17, 15) is 38.4 Å². The monoisotopic (exact) mass is 588 g/mol. The van der Waals surface area contributed by atoms with Gasteiger partial charge in [0.1, 0.15) is 28.8 Å². The van der Waals surface area contributed by atoms with Crippen LogP contribution in [0.4, 0.5) is 9.59 Å². The number of imide groups is 2. The molecule has 13 nitrogen and oxygen atoms in total. The number of carbonyl (C=O) groups is 8. The number of esters is 2. The Morgan fingerprint density at radius 3 is 1.70 bits per heavy atom. The lowest BCUT2D eigenvalue weighted by Crippen LogP contribution is -2.27. The maximum Gasteiger partial charge on any atom is 0.312 e. The van der Waals surface area contributed by atoms with Gasteiger partial charge in [0.25, 0.3) is 10.5 Å². The molecule has 2 aliphatic heterocycles. The van der Waals surface area contributed by atoms with Gasteiger partial charge in [0, 0.05) is 11.1 Å². The van der Waals surface area contributed by atoms with Crippen LogP contribution in [0.15, 0.2) is 42.5 Å². The Hall–Kier alpha value is -4.50. The molecule has 2 unspecified atom stereocenters. The summed E-state index contributed by atoms with van der Waals surface area (Å²) < 4.78 is 15.1. The molecule has 2 N–H and O–H groups in total. The van der Waals surface area contributed by atoms with Crippen LogP contribution < -0.4 is 24.8 Å². The Morgan fingerprint density at radius 2 is 1.25 bits per heavy atom. The number of ether oxygens (including phenoxy) is 3. The molecule has 0 radical (unpaired) electrons. The molecule has 15 heteroatoms. The van der Waals surface area contributed by atoms with E-state index in [0.717, 1.165) is 23.5 Å². The topological polar surface area (TPSA) is 188 Å². The van der Waals surface area contributed by atoms with Gasteiger partial charge in [0.2, 0.25) is 11.8 Å². The Morgan fingerprint density at radius 1 is 0.750 bits per heavy atom. The Labute approximate surface area is 234 Å². The summed E-state index contributed by atoms with van der Waals surface area (Å²) >= 11 is 1.52. The molecule has 2 fully saturated rings. The fourth-order valence-corrected chi connectivity index (χ4v) is 4.76. The number of hydrogen-bond donors (Lipinski definition) is 2. The van der Waals surface area contributed by atoms with Crippen LogP contribution in [0.5, 0.6) is 17.2 Å². The molecule has 208 valence electrons.